The first-order valence-corrected chi connectivity index (χ1v) is 8.01. The van der Waals surface area contributed by atoms with Crippen LogP contribution in [-0.2, 0) is 17.9 Å². The Bertz CT molecular complexity index is 1030. The first-order chi connectivity index (χ1) is 13.3. The van der Waals surface area contributed by atoms with Gasteiger partial charge in [0.2, 0.25) is 0 Å². The number of halogens is 3. The van der Waals surface area contributed by atoms with Crippen molar-refractivity contribution >= 4 is 17.6 Å². The monoisotopic (exact) mass is 393 g/mol. The number of carbonyl (C=O) groups is 2. The van der Waals surface area contributed by atoms with Crippen molar-refractivity contribution in [3.8, 4) is 0 Å². The van der Waals surface area contributed by atoms with Gasteiger partial charge in [-0.05, 0) is 18.2 Å². The van der Waals surface area contributed by atoms with Crippen LogP contribution in [0.25, 0.3) is 0 Å². The lowest BCUT2D eigenvalue weighted by atomic mass is 10.2. The molecule has 7 nitrogen and oxygen atoms in total. The van der Waals surface area contributed by atoms with Crippen LogP contribution in [0.4, 0.5) is 23.7 Å². The molecule has 0 aliphatic heterocycles. The van der Waals surface area contributed by atoms with E-state index >= 15 is 0 Å². The Morgan fingerprint density at radius 2 is 1.93 bits per heavy atom. The molecule has 0 unspecified atom stereocenters. The van der Waals surface area contributed by atoms with Gasteiger partial charge in [-0.1, -0.05) is 0 Å². The molecule has 1 amide bonds. The number of benzene rings is 1. The van der Waals surface area contributed by atoms with E-state index in [4.69, 9.17) is 9.15 Å². The largest absolute Gasteiger partial charge is 0.456 e. The number of ketones is 1. The second-order valence-electron chi connectivity index (χ2n) is 5.81. The molecule has 0 aliphatic carbocycles. The molecule has 10 heteroatoms. The number of amides is 1. The maximum absolute atomic E-state index is 13.5. The number of anilines is 1. The third kappa shape index (κ3) is 4.58. The molecule has 0 fully saturated rings. The molecule has 1 aromatic carbocycles. The number of furan rings is 1. The minimum absolute atomic E-state index is 0.200. The van der Waals surface area contributed by atoms with Gasteiger partial charge in [0, 0.05) is 24.8 Å². The molecule has 3 rings (SSSR count). The average Bonchev–Trinajstić information content (AvgIpc) is 3.27. The van der Waals surface area contributed by atoms with Gasteiger partial charge in [-0.3, -0.25) is 14.8 Å². The molecule has 0 saturated heterocycles. The molecule has 0 aliphatic rings. The molecular formula is C18H14F3N3O4. The zero-order valence-electron chi connectivity index (χ0n) is 14.5. The fourth-order valence-corrected chi connectivity index (χ4v) is 2.30. The first kappa shape index (κ1) is 19.2. The molecule has 0 atom stereocenters. The van der Waals surface area contributed by atoms with Crippen LogP contribution in [0.3, 0.4) is 0 Å². The van der Waals surface area contributed by atoms with Gasteiger partial charge in [-0.15, -0.1) is 0 Å². The van der Waals surface area contributed by atoms with E-state index in [1.165, 1.54) is 24.0 Å². The maximum Gasteiger partial charge on any atom is 0.412 e. The summed E-state index contributed by atoms with van der Waals surface area (Å²) in [6, 6.07) is 4.18. The highest BCUT2D eigenvalue weighted by Crippen LogP contribution is 2.16. The Kier molecular flexibility index (Phi) is 5.48. The molecule has 3 aromatic rings. The number of rotatable bonds is 6. The van der Waals surface area contributed by atoms with E-state index in [1.54, 1.807) is 12.1 Å². The van der Waals surface area contributed by atoms with Gasteiger partial charge in [0.05, 0.1) is 18.4 Å². The number of nitrogens with zero attached hydrogens (tertiary/aromatic N) is 2. The summed E-state index contributed by atoms with van der Waals surface area (Å²) in [6.45, 7) is 1.03. The molecule has 0 spiro atoms. The van der Waals surface area contributed by atoms with E-state index in [9.17, 15) is 22.8 Å². The van der Waals surface area contributed by atoms with Gasteiger partial charge >= 0.3 is 6.09 Å². The van der Waals surface area contributed by atoms with Gasteiger partial charge in [0.1, 0.15) is 18.2 Å². The minimum Gasteiger partial charge on any atom is -0.456 e. The van der Waals surface area contributed by atoms with Crippen molar-refractivity contribution in [3.63, 3.8) is 0 Å². The van der Waals surface area contributed by atoms with Crippen LogP contribution >= 0.6 is 0 Å². The number of hydrogen-bond donors (Lipinski definition) is 1. The highest BCUT2D eigenvalue weighted by atomic mass is 19.2. The standard InChI is InChI=1S/C18H14F3N3O4/c1-10(25)17-3-2-13(28-17)8-24-7-12(6-22-24)23-18(26)27-9-11-4-15(20)16(21)5-14(11)19/h2-7H,8-9H2,1H3,(H,23,26). The van der Waals surface area contributed by atoms with E-state index in [0.717, 1.165) is 0 Å². The predicted molar refractivity (Wildman–Crippen MR) is 90.2 cm³/mol. The Hall–Kier alpha value is -3.56. The summed E-state index contributed by atoms with van der Waals surface area (Å²) in [5.41, 5.74) is -0.0158. The lowest BCUT2D eigenvalue weighted by Gasteiger charge is -2.07. The molecule has 146 valence electrons. The van der Waals surface area contributed by atoms with Crippen LogP contribution in [0.2, 0.25) is 0 Å². The van der Waals surface area contributed by atoms with Crippen LogP contribution in [0.1, 0.15) is 28.8 Å². The molecule has 2 heterocycles. The molecule has 2 aromatic heterocycles. The quantitative estimate of drug-likeness (QED) is 0.507. The van der Waals surface area contributed by atoms with E-state index in [1.807, 2.05) is 0 Å². The van der Waals surface area contributed by atoms with Crippen molar-refractivity contribution in [1.82, 2.24) is 9.78 Å². The molecular weight excluding hydrogens is 379 g/mol. The topological polar surface area (TPSA) is 86.4 Å². The van der Waals surface area contributed by atoms with E-state index in [0.29, 0.717) is 17.9 Å². The summed E-state index contributed by atoms with van der Waals surface area (Å²) >= 11 is 0. The van der Waals surface area contributed by atoms with Crippen molar-refractivity contribution < 1.29 is 31.9 Å². The third-order valence-corrected chi connectivity index (χ3v) is 3.65. The molecule has 0 bridgehead atoms. The second-order valence-corrected chi connectivity index (χ2v) is 5.81. The Labute approximate surface area is 156 Å². The highest BCUT2D eigenvalue weighted by molar-refractivity contribution is 5.91. The predicted octanol–water partition coefficient (Wildman–Crippen LogP) is 3.89. The SMILES string of the molecule is CC(=O)c1ccc(Cn2cc(NC(=O)OCc3cc(F)c(F)cc3F)cn2)o1. The van der Waals surface area contributed by atoms with Gasteiger partial charge in [0.25, 0.3) is 0 Å². The number of nitrogens with one attached hydrogen (secondary N) is 1. The van der Waals surface area contributed by atoms with Crippen LogP contribution in [0.15, 0.2) is 41.1 Å². The zero-order valence-corrected chi connectivity index (χ0v) is 14.5. The summed E-state index contributed by atoms with van der Waals surface area (Å²) in [5.74, 6) is -3.07. The van der Waals surface area contributed by atoms with Crippen LogP contribution in [-0.4, -0.2) is 21.7 Å². The normalized spacial score (nSPS) is 10.7. The summed E-state index contributed by atoms with van der Waals surface area (Å²) in [4.78, 5) is 23.0. The number of ether oxygens (including phenoxy) is 1. The fourth-order valence-electron chi connectivity index (χ4n) is 2.30. The lowest BCUT2D eigenvalue weighted by Crippen LogP contribution is -2.14. The molecule has 0 radical (unpaired) electrons. The summed E-state index contributed by atoms with van der Waals surface area (Å²) in [6.07, 6.45) is 1.89. The van der Waals surface area contributed by atoms with Gasteiger partial charge in [-0.25, -0.2) is 18.0 Å². The fraction of sp³-hybridized carbons (Fsp3) is 0.167. The van der Waals surface area contributed by atoms with Crippen LogP contribution < -0.4 is 5.32 Å². The zero-order chi connectivity index (χ0) is 20.3. The van der Waals surface area contributed by atoms with Crippen LogP contribution in [0.5, 0.6) is 0 Å². The first-order valence-electron chi connectivity index (χ1n) is 8.01. The minimum atomic E-state index is -1.33. The summed E-state index contributed by atoms with van der Waals surface area (Å²) in [7, 11) is 0. The van der Waals surface area contributed by atoms with Crippen molar-refractivity contribution in [2.75, 3.05) is 5.32 Å². The second kappa shape index (κ2) is 7.99. The van der Waals surface area contributed by atoms with E-state index in [-0.39, 0.29) is 29.3 Å². The van der Waals surface area contributed by atoms with Crippen molar-refractivity contribution in [2.45, 2.75) is 20.1 Å². The number of Topliss-reactive ketones (excluding diaryl/α,β-unsaturated/α-hetero) is 1. The van der Waals surface area contributed by atoms with E-state index < -0.39 is 30.2 Å². The van der Waals surface area contributed by atoms with E-state index in [2.05, 4.69) is 10.4 Å². The Morgan fingerprint density at radius 1 is 1.18 bits per heavy atom. The number of hydrogen-bond acceptors (Lipinski definition) is 5. The Morgan fingerprint density at radius 3 is 2.64 bits per heavy atom. The number of carbonyl (C=O) groups excluding carboxylic acids is 2. The highest BCUT2D eigenvalue weighted by Gasteiger charge is 2.13. The summed E-state index contributed by atoms with van der Waals surface area (Å²) in [5, 5.41) is 6.39. The third-order valence-electron chi connectivity index (χ3n) is 3.65. The van der Waals surface area contributed by atoms with Gasteiger partial charge in [-0.2, -0.15) is 5.10 Å². The Balaban J connectivity index is 1.55. The molecule has 1 N–H and O–H groups in total. The molecule has 0 saturated carbocycles. The van der Waals surface area contributed by atoms with Crippen LogP contribution in [0, 0.1) is 17.5 Å². The summed E-state index contributed by atoms with van der Waals surface area (Å²) < 4.78 is 51.1. The maximum atomic E-state index is 13.5. The van der Waals surface area contributed by atoms with Crippen molar-refractivity contribution in [2.24, 2.45) is 0 Å². The lowest BCUT2D eigenvalue weighted by molar-refractivity contribution is 0.0985. The van der Waals surface area contributed by atoms with Crippen molar-refractivity contribution in [3.05, 3.63) is 71.2 Å². The van der Waals surface area contributed by atoms with Crippen molar-refractivity contribution in [1.29, 1.82) is 0 Å². The van der Waals surface area contributed by atoms with Gasteiger partial charge < -0.3 is 9.15 Å². The molecule has 28 heavy (non-hydrogen) atoms. The van der Waals surface area contributed by atoms with Gasteiger partial charge in [0.15, 0.2) is 23.2 Å². The number of aromatic nitrogens is 2. The smallest absolute Gasteiger partial charge is 0.412 e. The average molecular weight is 393 g/mol.